The Balaban J connectivity index is 2.71. The summed E-state index contributed by atoms with van der Waals surface area (Å²) in [6, 6.07) is 9.43. The van der Waals surface area contributed by atoms with Crippen molar-refractivity contribution in [2.45, 2.75) is 0 Å². The van der Waals surface area contributed by atoms with E-state index >= 15 is 0 Å². The van der Waals surface area contributed by atoms with Crippen LogP contribution in [-0.4, -0.2) is 33.0 Å². The quantitative estimate of drug-likeness (QED) is 0.680. The Morgan fingerprint density at radius 1 is 1.13 bits per heavy atom. The van der Waals surface area contributed by atoms with Gasteiger partial charge in [-0.15, -0.1) is 0 Å². The summed E-state index contributed by atoms with van der Waals surface area (Å²) >= 11 is 0. The molecule has 1 aromatic rings. The molecule has 0 unspecified atom stereocenters. The highest BCUT2D eigenvalue weighted by Crippen LogP contribution is 2.07. The second-order valence-corrected chi connectivity index (χ2v) is 3.54. The lowest BCUT2D eigenvalue weighted by molar-refractivity contribution is 0.0920. The number of rotatable bonds is 6. The molecule has 0 spiro atoms. The van der Waals surface area contributed by atoms with Crippen molar-refractivity contribution >= 4 is 5.78 Å². The number of hydrogen-bond donors (Lipinski definition) is 2. The molecule has 15 heavy (non-hydrogen) atoms. The van der Waals surface area contributed by atoms with Crippen molar-refractivity contribution < 1.29 is 4.79 Å². The third-order valence-corrected chi connectivity index (χ3v) is 2.33. The third kappa shape index (κ3) is 3.46. The van der Waals surface area contributed by atoms with Crippen LogP contribution in [0.25, 0.3) is 0 Å². The van der Waals surface area contributed by atoms with E-state index in [1.165, 1.54) is 0 Å². The fourth-order valence-corrected chi connectivity index (χ4v) is 1.59. The number of ketones is 1. The van der Waals surface area contributed by atoms with Gasteiger partial charge in [-0.05, 0) is 14.1 Å². The first-order valence-corrected chi connectivity index (χ1v) is 5.18. The van der Waals surface area contributed by atoms with Crippen LogP contribution >= 0.6 is 0 Å². The first-order valence-electron chi connectivity index (χ1n) is 5.18. The number of Topliss-reactive ketones (excluding diaryl/α,β-unsaturated/α-hetero) is 1. The maximum absolute atomic E-state index is 12.0. The summed E-state index contributed by atoms with van der Waals surface area (Å²) < 4.78 is 0. The van der Waals surface area contributed by atoms with Crippen molar-refractivity contribution in [3.63, 3.8) is 0 Å². The first-order chi connectivity index (χ1) is 7.29. The van der Waals surface area contributed by atoms with E-state index in [2.05, 4.69) is 10.6 Å². The van der Waals surface area contributed by atoms with E-state index < -0.39 is 0 Å². The van der Waals surface area contributed by atoms with Gasteiger partial charge >= 0.3 is 0 Å². The molecular formula is C12H18N2O. The van der Waals surface area contributed by atoms with Gasteiger partial charge in [0.2, 0.25) is 0 Å². The average Bonchev–Trinajstić information content (AvgIpc) is 2.29. The summed E-state index contributed by atoms with van der Waals surface area (Å²) in [7, 11) is 3.72. The number of carbonyl (C=O) groups is 1. The number of carbonyl (C=O) groups excluding carboxylic acids is 1. The Bertz CT molecular complexity index is 292. The fourth-order valence-electron chi connectivity index (χ4n) is 1.59. The summed E-state index contributed by atoms with van der Waals surface area (Å²) in [4.78, 5) is 12.0. The molecular weight excluding hydrogens is 188 g/mol. The van der Waals surface area contributed by atoms with Gasteiger partial charge in [-0.1, -0.05) is 30.3 Å². The van der Waals surface area contributed by atoms with Crippen LogP contribution in [0.2, 0.25) is 0 Å². The van der Waals surface area contributed by atoms with Gasteiger partial charge in [0.05, 0.1) is 0 Å². The average molecular weight is 206 g/mol. The molecule has 82 valence electrons. The third-order valence-electron chi connectivity index (χ3n) is 2.33. The van der Waals surface area contributed by atoms with Crippen molar-refractivity contribution in [1.29, 1.82) is 0 Å². The van der Waals surface area contributed by atoms with Gasteiger partial charge in [0.1, 0.15) is 0 Å². The van der Waals surface area contributed by atoms with Crippen LogP contribution < -0.4 is 10.6 Å². The van der Waals surface area contributed by atoms with Gasteiger partial charge in [-0.25, -0.2) is 0 Å². The molecule has 1 aromatic carbocycles. The molecule has 0 atom stereocenters. The first kappa shape index (κ1) is 11.9. The van der Waals surface area contributed by atoms with E-state index in [-0.39, 0.29) is 11.7 Å². The Morgan fingerprint density at radius 2 is 1.67 bits per heavy atom. The molecule has 0 saturated heterocycles. The van der Waals surface area contributed by atoms with E-state index in [4.69, 9.17) is 0 Å². The molecule has 0 aliphatic rings. The van der Waals surface area contributed by atoms with Gasteiger partial charge in [0.15, 0.2) is 5.78 Å². The van der Waals surface area contributed by atoms with Gasteiger partial charge in [-0.3, -0.25) is 4.79 Å². The molecule has 0 heterocycles. The lowest BCUT2D eigenvalue weighted by atomic mass is 9.97. The second kappa shape index (κ2) is 6.32. The maximum atomic E-state index is 12.0. The SMILES string of the molecule is CNCC(CNC)C(=O)c1ccccc1. The molecule has 0 amide bonds. The Morgan fingerprint density at radius 3 is 2.13 bits per heavy atom. The highest BCUT2D eigenvalue weighted by molar-refractivity contribution is 5.98. The van der Waals surface area contributed by atoms with Crippen molar-refractivity contribution in [2.24, 2.45) is 5.92 Å². The molecule has 0 aliphatic carbocycles. The van der Waals surface area contributed by atoms with E-state index in [0.717, 1.165) is 5.56 Å². The van der Waals surface area contributed by atoms with Crippen LogP contribution in [-0.2, 0) is 0 Å². The minimum Gasteiger partial charge on any atom is -0.319 e. The Kier molecular flexibility index (Phi) is 5.01. The minimum absolute atomic E-state index is 0.00222. The maximum Gasteiger partial charge on any atom is 0.168 e. The lowest BCUT2D eigenvalue weighted by Crippen LogP contribution is -2.34. The fraction of sp³-hybridized carbons (Fsp3) is 0.417. The lowest BCUT2D eigenvalue weighted by Gasteiger charge is -2.14. The summed E-state index contributed by atoms with van der Waals surface area (Å²) in [5, 5.41) is 6.08. The van der Waals surface area contributed by atoms with Crippen LogP contribution in [0.1, 0.15) is 10.4 Å². The van der Waals surface area contributed by atoms with Gasteiger partial charge in [0.25, 0.3) is 0 Å². The molecule has 2 N–H and O–H groups in total. The van der Waals surface area contributed by atoms with E-state index in [0.29, 0.717) is 13.1 Å². The number of nitrogens with one attached hydrogen (secondary N) is 2. The predicted molar refractivity (Wildman–Crippen MR) is 62.1 cm³/mol. The van der Waals surface area contributed by atoms with E-state index in [9.17, 15) is 4.79 Å². The molecule has 0 radical (unpaired) electrons. The molecule has 3 nitrogen and oxygen atoms in total. The summed E-state index contributed by atoms with van der Waals surface area (Å²) in [6.45, 7) is 1.41. The smallest absolute Gasteiger partial charge is 0.168 e. The van der Waals surface area contributed by atoms with Crippen molar-refractivity contribution in [3.05, 3.63) is 35.9 Å². The van der Waals surface area contributed by atoms with Gasteiger partial charge in [-0.2, -0.15) is 0 Å². The van der Waals surface area contributed by atoms with Crippen LogP contribution in [0.15, 0.2) is 30.3 Å². The summed E-state index contributed by atoms with van der Waals surface area (Å²) in [6.07, 6.45) is 0. The predicted octanol–water partition coefficient (Wildman–Crippen LogP) is 0.924. The topological polar surface area (TPSA) is 41.1 Å². The van der Waals surface area contributed by atoms with E-state index in [1.54, 1.807) is 0 Å². The normalized spacial score (nSPS) is 10.6. The Hall–Kier alpha value is -1.19. The summed E-state index contributed by atoms with van der Waals surface area (Å²) in [5.41, 5.74) is 0.785. The number of benzene rings is 1. The zero-order chi connectivity index (χ0) is 11.1. The molecule has 0 aromatic heterocycles. The monoisotopic (exact) mass is 206 g/mol. The van der Waals surface area contributed by atoms with Crippen LogP contribution in [0.4, 0.5) is 0 Å². The van der Waals surface area contributed by atoms with Gasteiger partial charge in [0, 0.05) is 24.6 Å². The standard InChI is InChI=1S/C12H18N2O/c1-13-8-11(9-14-2)12(15)10-6-4-3-5-7-10/h3-7,11,13-14H,8-9H2,1-2H3. The van der Waals surface area contributed by atoms with Crippen molar-refractivity contribution in [1.82, 2.24) is 10.6 Å². The van der Waals surface area contributed by atoms with E-state index in [1.807, 2.05) is 44.4 Å². The van der Waals surface area contributed by atoms with Crippen molar-refractivity contribution in [3.8, 4) is 0 Å². The van der Waals surface area contributed by atoms with Crippen LogP contribution in [0, 0.1) is 5.92 Å². The molecule has 0 bridgehead atoms. The highest BCUT2D eigenvalue weighted by atomic mass is 16.1. The number of hydrogen-bond acceptors (Lipinski definition) is 3. The molecule has 3 heteroatoms. The van der Waals surface area contributed by atoms with Crippen molar-refractivity contribution in [2.75, 3.05) is 27.2 Å². The second-order valence-electron chi connectivity index (χ2n) is 3.54. The van der Waals surface area contributed by atoms with Crippen LogP contribution in [0.3, 0.4) is 0 Å². The molecule has 0 fully saturated rings. The highest BCUT2D eigenvalue weighted by Gasteiger charge is 2.17. The van der Waals surface area contributed by atoms with Gasteiger partial charge < -0.3 is 10.6 Å². The minimum atomic E-state index is 0.00222. The Labute approximate surface area is 90.9 Å². The largest absolute Gasteiger partial charge is 0.319 e. The summed E-state index contributed by atoms with van der Waals surface area (Å²) in [5.74, 6) is 0.196. The molecule has 0 aliphatic heterocycles. The zero-order valence-corrected chi connectivity index (χ0v) is 9.29. The molecule has 1 rings (SSSR count). The van der Waals surface area contributed by atoms with Crippen LogP contribution in [0.5, 0.6) is 0 Å². The zero-order valence-electron chi connectivity index (χ0n) is 9.29. The molecule has 0 saturated carbocycles.